The molecule has 6 heteroatoms. The van der Waals surface area contributed by atoms with Crippen LogP contribution in [0.2, 0.25) is 5.02 Å². The van der Waals surface area contributed by atoms with E-state index >= 15 is 0 Å². The summed E-state index contributed by atoms with van der Waals surface area (Å²) in [5.74, 6) is 0.792. The number of aliphatic hydroxyl groups excluding tert-OH is 1. The number of aliphatic hydroxyl groups is 1. The molecular weight excluding hydrogens is 316 g/mol. The molecule has 2 aliphatic heterocycles. The second kappa shape index (κ2) is 7.51. The van der Waals surface area contributed by atoms with Gasteiger partial charge in [-0.05, 0) is 44.0 Å². The molecule has 0 spiro atoms. The maximum Gasteiger partial charge on any atom is 0.227 e. The van der Waals surface area contributed by atoms with Crippen LogP contribution in [0.5, 0.6) is 5.75 Å². The zero-order valence-corrected chi connectivity index (χ0v) is 14.0. The average Bonchev–Trinajstić information content (AvgIpc) is 3.17. The summed E-state index contributed by atoms with van der Waals surface area (Å²) >= 11 is 6.29. The summed E-state index contributed by atoms with van der Waals surface area (Å²) in [4.78, 5) is 15.8. The minimum atomic E-state index is 0.152. The van der Waals surface area contributed by atoms with Gasteiger partial charge < -0.3 is 14.7 Å². The van der Waals surface area contributed by atoms with Crippen LogP contribution in [-0.2, 0) is 4.79 Å². The lowest BCUT2D eigenvalue weighted by molar-refractivity contribution is -0.117. The Morgan fingerprint density at radius 3 is 2.87 bits per heavy atom. The van der Waals surface area contributed by atoms with Crippen LogP contribution in [0.15, 0.2) is 18.2 Å². The third-order valence-corrected chi connectivity index (χ3v) is 4.94. The summed E-state index contributed by atoms with van der Waals surface area (Å²) in [6.07, 6.45) is 3.69. The van der Waals surface area contributed by atoms with Crippen molar-refractivity contribution in [1.82, 2.24) is 4.90 Å². The van der Waals surface area contributed by atoms with Gasteiger partial charge in [0, 0.05) is 31.2 Å². The molecule has 2 saturated heterocycles. The standard InChI is InChI=1S/C17H23ClN2O3/c18-15-11-13(20-8-2-4-17(20)22)5-6-16(15)23-10-9-19-7-1-3-14(19)12-21/h5-6,11,14,21H,1-4,7-10,12H2/t14-/m1/s1. The first-order valence-corrected chi connectivity index (χ1v) is 8.64. The van der Waals surface area contributed by atoms with E-state index in [9.17, 15) is 9.90 Å². The highest BCUT2D eigenvalue weighted by atomic mass is 35.5. The molecule has 0 aromatic heterocycles. The molecule has 1 aromatic carbocycles. The van der Waals surface area contributed by atoms with Crippen molar-refractivity contribution in [2.45, 2.75) is 31.7 Å². The van der Waals surface area contributed by atoms with Gasteiger partial charge in [-0.25, -0.2) is 0 Å². The quantitative estimate of drug-likeness (QED) is 0.864. The second-order valence-electron chi connectivity index (χ2n) is 6.13. The van der Waals surface area contributed by atoms with Crippen molar-refractivity contribution in [2.75, 3.05) is 37.7 Å². The Hall–Kier alpha value is -1.30. The van der Waals surface area contributed by atoms with Crippen molar-refractivity contribution in [3.05, 3.63) is 23.2 Å². The highest BCUT2D eigenvalue weighted by molar-refractivity contribution is 6.32. The predicted molar refractivity (Wildman–Crippen MR) is 90.2 cm³/mol. The zero-order valence-electron chi connectivity index (χ0n) is 13.2. The van der Waals surface area contributed by atoms with E-state index in [4.69, 9.17) is 16.3 Å². The fraction of sp³-hybridized carbons (Fsp3) is 0.588. The van der Waals surface area contributed by atoms with Crippen molar-refractivity contribution in [1.29, 1.82) is 0 Å². The van der Waals surface area contributed by atoms with Crippen LogP contribution in [0.25, 0.3) is 0 Å². The summed E-state index contributed by atoms with van der Waals surface area (Å²) in [5, 5.41) is 9.85. The monoisotopic (exact) mass is 338 g/mol. The van der Waals surface area contributed by atoms with Crippen LogP contribution in [0.3, 0.4) is 0 Å². The molecule has 0 saturated carbocycles. The number of carbonyl (C=O) groups excluding carboxylic acids is 1. The smallest absolute Gasteiger partial charge is 0.227 e. The van der Waals surface area contributed by atoms with Gasteiger partial charge >= 0.3 is 0 Å². The van der Waals surface area contributed by atoms with E-state index in [0.29, 0.717) is 23.8 Å². The second-order valence-corrected chi connectivity index (χ2v) is 6.53. The van der Waals surface area contributed by atoms with Gasteiger partial charge in [-0.1, -0.05) is 11.6 Å². The molecular formula is C17H23ClN2O3. The number of benzene rings is 1. The van der Waals surface area contributed by atoms with Crippen molar-refractivity contribution in [3.8, 4) is 5.75 Å². The summed E-state index contributed by atoms with van der Waals surface area (Å²) in [6, 6.07) is 5.78. The van der Waals surface area contributed by atoms with E-state index in [1.165, 1.54) is 0 Å². The normalized spacial score (nSPS) is 22.1. The van der Waals surface area contributed by atoms with Crippen LogP contribution >= 0.6 is 11.6 Å². The molecule has 23 heavy (non-hydrogen) atoms. The number of amides is 1. The maximum absolute atomic E-state index is 11.8. The van der Waals surface area contributed by atoms with Gasteiger partial charge in [0.05, 0.1) is 11.6 Å². The van der Waals surface area contributed by atoms with Gasteiger partial charge in [0.15, 0.2) is 0 Å². The first-order chi connectivity index (χ1) is 11.2. The lowest BCUT2D eigenvalue weighted by Gasteiger charge is -2.23. The van der Waals surface area contributed by atoms with E-state index < -0.39 is 0 Å². The molecule has 0 radical (unpaired) electrons. The number of likely N-dealkylation sites (tertiary alicyclic amines) is 1. The van der Waals surface area contributed by atoms with E-state index in [0.717, 1.165) is 44.6 Å². The molecule has 0 bridgehead atoms. The molecule has 5 nitrogen and oxygen atoms in total. The molecule has 1 atom stereocenters. The van der Waals surface area contributed by atoms with Crippen LogP contribution in [-0.4, -0.2) is 54.8 Å². The third kappa shape index (κ3) is 3.79. The number of halogens is 1. The molecule has 1 aromatic rings. The van der Waals surface area contributed by atoms with Gasteiger partial charge in [-0.2, -0.15) is 0 Å². The number of rotatable bonds is 6. The Morgan fingerprint density at radius 1 is 1.30 bits per heavy atom. The number of carbonyl (C=O) groups is 1. The minimum absolute atomic E-state index is 0.152. The third-order valence-electron chi connectivity index (χ3n) is 4.65. The van der Waals surface area contributed by atoms with Crippen molar-refractivity contribution >= 4 is 23.2 Å². The van der Waals surface area contributed by atoms with Crippen LogP contribution in [0.1, 0.15) is 25.7 Å². The van der Waals surface area contributed by atoms with Crippen molar-refractivity contribution in [3.63, 3.8) is 0 Å². The Balaban J connectivity index is 1.55. The number of hydrogen-bond acceptors (Lipinski definition) is 4. The number of anilines is 1. The minimum Gasteiger partial charge on any atom is -0.491 e. The molecule has 0 unspecified atom stereocenters. The molecule has 2 heterocycles. The molecule has 3 rings (SSSR count). The first kappa shape index (κ1) is 16.6. The number of hydrogen-bond donors (Lipinski definition) is 1. The van der Waals surface area contributed by atoms with Gasteiger partial charge in [0.25, 0.3) is 0 Å². The highest BCUT2D eigenvalue weighted by Crippen LogP contribution is 2.31. The maximum atomic E-state index is 11.8. The van der Waals surface area contributed by atoms with Gasteiger partial charge in [-0.15, -0.1) is 0 Å². The molecule has 126 valence electrons. The predicted octanol–water partition coefficient (Wildman–Crippen LogP) is 2.30. The molecule has 1 amide bonds. The lowest BCUT2D eigenvalue weighted by Crippen LogP contribution is -2.35. The van der Waals surface area contributed by atoms with Gasteiger partial charge in [-0.3, -0.25) is 9.69 Å². The van der Waals surface area contributed by atoms with Crippen molar-refractivity contribution in [2.24, 2.45) is 0 Å². The SMILES string of the molecule is O=C1CCCN1c1ccc(OCCN2CCC[C@@H]2CO)c(Cl)c1. The molecule has 1 N–H and O–H groups in total. The van der Waals surface area contributed by atoms with Gasteiger partial charge in [0.2, 0.25) is 5.91 Å². The number of nitrogens with zero attached hydrogens (tertiary/aromatic N) is 2. The lowest BCUT2D eigenvalue weighted by atomic mass is 10.2. The summed E-state index contributed by atoms with van der Waals surface area (Å²) in [6.45, 7) is 3.30. The fourth-order valence-corrected chi connectivity index (χ4v) is 3.59. The van der Waals surface area contributed by atoms with Crippen LogP contribution < -0.4 is 9.64 Å². The molecule has 2 aliphatic rings. The topological polar surface area (TPSA) is 53.0 Å². The highest BCUT2D eigenvalue weighted by Gasteiger charge is 2.24. The number of ether oxygens (including phenoxy) is 1. The zero-order chi connectivity index (χ0) is 16.2. The summed E-state index contributed by atoms with van der Waals surface area (Å²) in [7, 11) is 0. The van der Waals surface area contributed by atoms with E-state index in [-0.39, 0.29) is 18.6 Å². The first-order valence-electron chi connectivity index (χ1n) is 8.26. The van der Waals surface area contributed by atoms with Crippen LogP contribution in [0, 0.1) is 0 Å². The Bertz CT molecular complexity index is 567. The average molecular weight is 339 g/mol. The van der Waals surface area contributed by atoms with E-state index in [2.05, 4.69) is 4.90 Å². The van der Waals surface area contributed by atoms with Crippen molar-refractivity contribution < 1.29 is 14.6 Å². The Kier molecular flexibility index (Phi) is 5.41. The van der Waals surface area contributed by atoms with E-state index in [1.807, 2.05) is 12.1 Å². The molecule has 0 aliphatic carbocycles. The Morgan fingerprint density at radius 2 is 2.17 bits per heavy atom. The summed E-state index contributed by atoms with van der Waals surface area (Å²) in [5.41, 5.74) is 0.838. The van der Waals surface area contributed by atoms with Crippen LogP contribution in [0.4, 0.5) is 5.69 Å². The summed E-state index contributed by atoms with van der Waals surface area (Å²) < 4.78 is 5.78. The largest absolute Gasteiger partial charge is 0.491 e. The fourth-order valence-electron chi connectivity index (χ4n) is 3.36. The molecule has 2 fully saturated rings. The van der Waals surface area contributed by atoms with Gasteiger partial charge in [0.1, 0.15) is 12.4 Å². The van der Waals surface area contributed by atoms with E-state index in [1.54, 1.807) is 11.0 Å². The Labute approximate surface area is 141 Å².